The van der Waals surface area contributed by atoms with Crippen molar-refractivity contribution in [2.45, 2.75) is 75.0 Å². The zero-order valence-corrected chi connectivity index (χ0v) is 17.2. The van der Waals surface area contributed by atoms with E-state index in [0.717, 1.165) is 38.5 Å². The molecule has 4 rings (SSSR count). The summed E-state index contributed by atoms with van der Waals surface area (Å²) < 4.78 is 7.65. The maximum Gasteiger partial charge on any atom is 0.321 e. The highest BCUT2D eigenvalue weighted by atomic mass is 32.2. The Balaban J connectivity index is 1.40. The first kappa shape index (κ1) is 20.0. The maximum atomic E-state index is 12.3. The quantitative estimate of drug-likeness (QED) is 0.691. The van der Waals surface area contributed by atoms with Crippen LogP contribution in [0.25, 0.3) is 11.6 Å². The van der Waals surface area contributed by atoms with E-state index in [9.17, 15) is 9.59 Å². The van der Waals surface area contributed by atoms with Crippen molar-refractivity contribution in [3.8, 4) is 11.6 Å². The van der Waals surface area contributed by atoms with E-state index in [1.165, 1.54) is 31.0 Å². The smallest absolute Gasteiger partial charge is 0.321 e. The van der Waals surface area contributed by atoms with Crippen molar-refractivity contribution >= 4 is 23.7 Å². The van der Waals surface area contributed by atoms with E-state index < -0.39 is 6.03 Å². The average Bonchev–Trinajstić information content (AvgIpc) is 3.48. The minimum atomic E-state index is -0.410. The van der Waals surface area contributed by atoms with Gasteiger partial charge in [0.2, 0.25) is 11.7 Å². The summed E-state index contributed by atoms with van der Waals surface area (Å²) in [7, 11) is 0. The molecule has 0 radical (unpaired) electrons. The number of thioether (sulfide) groups is 1. The Labute approximate surface area is 174 Å². The van der Waals surface area contributed by atoms with E-state index >= 15 is 0 Å². The maximum absolute atomic E-state index is 12.3. The van der Waals surface area contributed by atoms with Crippen molar-refractivity contribution in [1.29, 1.82) is 0 Å². The first-order chi connectivity index (χ1) is 14.2. The summed E-state index contributed by atoms with van der Waals surface area (Å²) in [5, 5.41) is 14.6. The summed E-state index contributed by atoms with van der Waals surface area (Å²) in [6.45, 7) is 0. The molecule has 2 fully saturated rings. The van der Waals surface area contributed by atoms with Crippen LogP contribution in [0, 0.1) is 0 Å². The second-order valence-electron chi connectivity index (χ2n) is 7.74. The second kappa shape index (κ2) is 9.47. The van der Waals surface area contributed by atoms with E-state index in [-0.39, 0.29) is 17.7 Å². The van der Waals surface area contributed by atoms with Crippen LogP contribution in [0.3, 0.4) is 0 Å². The molecule has 2 aromatic rings. The van der Waals surface area contributed by atoms with Gasteiger partial charge in [0.1, 0.15) is 0 Å². The normalized spacial score (nSPS) is 18.1. The highest BCUT2D eigenvalue weighted by Gasteiger charge is 2.25. The van der Waals surface area contributed by atoms with E-state index in [2.05, 4.69) is 25.4 Å². The van der Waals surface area contributed by atoms with Crippen LogP contribution in [0.2, 0.25) is 0 Å². The number of aromatic nitrogens is 3. The molecule has 3 amide bonds. The van der Waals surface area contributed by atoms with Crippen molar-refractivity contribution < 1.29 is 14.0 Å². The number of nitrogens with zero attached hydrogens (tertiary/aromatic N) is 3. The predicted octanol–water partition coefficient (Wildman–Crippen LogP) is 3.90. The molecule has 2 heterocycles. The van der Waals surface area contributed by atoms with Gasteiger partial charge in [-0.3, -0.25) is 14.7 Å². The third kappa shape index (κ3) is 5.01. The summed E-state index contributed by atoms with van der Waals surface area (Å²) >= 11 is 1.31. The van der Waals surface area contributed by atoms with Crippen LogP contribution in [0.4, 0.5) is 4.79 Å². The third-order valence-electron chi connectivity index (χ3n) is 5.62. The van der Waals surface area contributed by atoms with Gasteiger partial charge in [-0.1, -0.05) is 43.9 Å². The topological polar surface area (TPSA) is 102 Å². The molecule has 156 valence electrons. The Hall–Kier alpha value is -2.29. The third-order valence-corrected chi connectivity index (χ3v) is 6.56. The lowest BCUT2D eigenvalue weighted by atomic mass is 9.95. The van der Waals surface area contributed by atoms with Crippen LogP contribution in [-0.2, 0) is 4.79 Å². The Bertz CT molecular complexity index is 823. The monoisotopic (exact) mass is 417 g/mol. The molecule has 0 aromatic carbocycles. The summed E-state index contributed by atoms with van der Waals surface area (Å²) in [4.78, 5) is 24.3. The van der Waals surface area contributed by atoms with Gasteiger partial charge in [0.05, 0.1) is 12.0 Å². The molecule has 0 bridgehead atoms. The Kier molecular flexibility index (Phi) is 6.53. The highest BCUT2D eigenvalue weighted by Crippen LogP contribution is 2.35. The summed E-state index contributed by atoms with van der Waals surface area (Å²) in [5.74, 6) is 1.16. The molecule has 0 spiro atoms. The van der Waals surface area contributed by atoms with Gasteiger partial charge < -0.3 is 9.73 Å². The first-order valence-corrected chi connectivity index (χ1v) is 11.4. The summed E-state index contributed by atoms with van der Waals surface area (Å²) in [5.41, 5.74) is 0. The fourth-order valence-electron chi connectivity index (χ4n) is 4.20. The van der Waals surface area contributed by atoms with Crippen molar-refractivity contribution in [3.05, 3.63) is 18.4 Å². The van der Waals surface area contributed by atoms with E-state index in [1.54, 1.807) is 6.26 Å². The van der Waals surface area contributed by atoms with Gasteiger partial charge in [-0.25, -0.2) is 4.79 Å². The number of rotatable bonds is 6. The van der Waals surface area contributed by atoms with Crippen molar-refractivity contribution in [2.24, 2.45) is 0 Å². The van der Waals surface area contributed by atoms with E-state index in [0.29, 0.717) is 22.8 Å². The number of furan rings is 1. The van der Waals surface area contributed by atoms with Crippen LogP contribution in [-0.4, -0.2) is 38.5 Å². The summed E-state index contributed by atoms with van der Waals surface area (Å²) in [6.07, 6.45) is 11.6. The Morgan fingerprint density at radius 3 is 2.59 bits per heavy atom. The lowest BCUT2D eigenvalue weighted by Gasteiger charge is -2.25. The SMILES string of the molecule is O=C(CSc1nnc(-c2ccco2)n1C1CCCCC1)NC(=O)NC1CCCC1. The van der Waals surface area contributed by atoms with Crippen LogP contribution < -0.4 is 10.6 Å². The molecule has 29 heavy (non-hydrogen) atoms. The lowest BCUT2D eigenvalue weighted by molar-refractivity contribution is -0.117. The molecule has 2 aliphatic rings. The molecule has 0 aliphatic heterocycles. The Morgan fingerprint density at radius 1 is 1.10 bits per heavy atom. The van der Waals surface area contributed by atoms with Crippen LogP contribution in [0.15, 0.2) is 28.0 Å². The molecule has 2 aliphatic carbocycles. The van der Waals surface area contributed by atoms with Crippen molar-refractivity contribution in [1.82, 2.24) is 25.4 Å². The van der Waals surface area contributed by atoms with Gasteiger partial charge in [-0.2, -0.15) is 0 Å². The van der Waals surface area contributed by atoms with Gasteiger partial charge in [0.25, 0.3) is 0 Å². The molecule has 2 N–H and O–H groups in total. The first-order valence-electron chi connectivity index (χ1n) is 10.4. The minimum Gasteiger partial charge on any atom is -0.461 e. The number of hydrogen-bond donors (Lipinski definition) is 2. The van der Waals surface area contributed by atoms with Crippen LogP contribution >= 0.6 is 11.8 Å². The Morgan fingerprint density at radius 2 is 1.86 bits per heavy atom. The van der Waals surface area contributed by atoms with Gasteiger partial charge in [-0.15, -0.1) is 10.2 Å². The van der Waals surface area contributed by atoms with Gasteiger partial charge in [0.15, 0.2) is 10.9 Å². The molecule has 0 saturated heterocycles. The van der Waals surface area contributed by atoms with Crippen molar-refractivity contribution in [2.75, 3.05) is 5.75 Å². The predicted molar refractivity (Wildman–Crippen MR) is 110 cm³/mol. The fraction of sp³-hybridized carbons (Fsp3) is 0.600. The standard InChI is InChI=1S/C20H27N5O3S/c26-17(22-19(27)21-14-7-4-5-8-14)13-29-20-24-23-18(16-11-6-12-28-16)25(20)15-9-2-1-3-10-15/h6,11-12,14-15H,1-5,7-10,13H2,(H2,21,22,26,27). The zero-order chi connectivity index (χ0) is 20.1. The number of amides is 3. The average molecular weight is 418 g/mol. The number of urea groups is 1. The van der Waals surface area contributed by atoms with Gasteiger partial charge in [0, 0.05) is 12.1 Å². The van der Waals surface area contributed by atoms with Crippen LogP contribution in [0.1, 0.15) is 63.8 Å². The molecule has 0 atom stereocenters. The number of hydrogen-bond acceptors (Lipinski definition) is 6. The molecule has 0 unspecified atom stereocenters. The van der Waals surface area contributed by atoms with Gasteiger partial charge >= 0.3 is 6.03 Å². The molecular weight excluding hydrogens is 390 g/mol. The fourth-order valence-corrected chi connectivity index (χ4v) is 5.01. The molecule has 8 nitrogen and oxygen atoms in total. The lowest BCUT2D eigenvalue weighted by Crippen LogP contribution is -2.44. The molecule has 2 saturated carbocycles. The second-order valence-corrected chi connectivity index (χ2v) is 8.68. The number of nitrogens with one attached hydrogen (secondary N) is 2. The van der Waals surface area contributed by atoms with Crippen molar-refractivity contribution in [3.63, 3.8) is 0 Å². The van der Waals surface area contributed by atoms with E-state index in [1.807, 2.05) is 12.1 Å². The van der Waals surface area contributed by atoms with Crippen LogP contribution in [0.5, 0.6) is 0 Å². The highest BCUT2D eigenvalue weighted by molar-refractivity contribution is 7.99. The summed E-state index contributed by atoms with van der Waals surface area (Å²) in [6, 6.07) is 3.78. The number of carbonyl (C=O) groups excluding carboxylic acids is 2. The number of imide groups is 1. The minimum absolute atomic E-state index is 0.112. The number of carbonyl (C=O) groups is 2. The largest absolute Gasteiger partial charge is 0.461 e. The molecule has 9 heteroatoms. The van der Waals surface area contributed by atoms with Gasteiger partial charge in [-0.05, 0) is 37.8 Å². The molecular formula is C20H27N5O3S. The molecule has 2 aromatic heterocycles. The zero-order valence-electron chi connectivity index (χ0n) is 16.4. The van der Waals surface area contributed by atoms with E-state index in [4.69, 9.17) is 4.42 Å².